The molecule has 0 unspecified atom stereocenters. The molecule has 0 atom stereocenters. The molecule has 2 amide bonds. The quantitative estimate of drug-likeness (QED) is 0.336. The number of aliphatic carboxylic acids is 1. The van der Waals surface area contributed by atoms with Crippen LogP contribution in [0.4, 0.5) is 0 Å². The van der Waals surface area contributed by atoms with E-state index in [1.54, 1.807) is 0 Å². The highest BCUT2D eigenvalue weighted by atomic mass is 16.4. The molecule has 1 heterocycles. The van der Waals surface area contributed by atoms with Crippen LogP contribution in [0.1, 0.15) is 6.92 Å². The number of rotatable bonds is 1. The van der Waals surface area contributed by atoms with Gasteiger partial charge in [-0.1, -0.05) is 0 Å². The van der Waals surface area contributed by atoms with Gasteiger partial charge in [-0.05, 0) is 6.92 Å². The van der Waals surface area contributed by atoms with Crippen molar-refractivity contribution in [2.24, 2.45) is 0 Å². The predicted octanol–water partition coefficient (Wildman–Crippen LogP) is -2.61. The van der Waals surface area contributed by atoms with Gasteiger partial charge in [0.05, 0.1) is 0 Å². The van der Waals surface area contributed by atoms with Gasteiger partial charge in [-0.15, -0.1) is 0 Å². The van der Waals surface area contributed by atoms with Crippen molar-refractivity contribution in [2.45, 2.75) is 18.7 Å². The van der Waals surface area contributed by atoms with E-state index in [2.05, 4.69) is 0 Å². The van der Waals surface area contributed by atoms with Crippen LogP contribution in [-0.2, 0) is 14.4 Å². The van der Waals surface area contributed by atoms with Crippen molar-refractivity contribution in [3.05, 3.63) is 0 Å². The molecule has 1 fully saturated rings. The van der Waals surface area contributed by atoms with Gasteiger partial charge >= 0.3 is 5.97 Å². The summed E-state index contributed by atoms with van der Waals surface area (Å²) in [4.78, 5) is 32.2. The Balaban J connectivity index is 2.92. The second-order valence-corrected chi connectivity index (χ2v) is 2.81. The van der Waals surface area contributed by atoms with E-state index in [0.29, 0.717) is 0 Å². The SMILES string of the molecule is CC1(C(=O)O)NC(=O)C(O)C(=O)N1. The summed E-state index contributed by atoms with van der Waals surface area (Å²) in [6, 6.07) is 0. The zero-order valence-electron chi connectivity index (χ0n) is 6.70. The summed E-state index contributed by atoms with van der Waals surface area (Å²) in [6.45, 7) is 1.11. The van der Waals surface area contributed by atoms with E-state index in [1.165, 1.54) is 0 Å². The highest BCUT2D eigenvalue weighted by Crippen LogP contribution is 2.06. The normalized spacial score (nSPS) is 33.5. The van der Waals surface area contributed by atoms with E-state index < -0.39 is 29.6 Å². The molecule has 0 spiro atoms. The van der Waals surface area contributed by atoms with Gasteiger partial charge in [0.2, 0.25) is 11.8 Å². The largest absolute Gasteiger partial charge is 0.478 e. The second-order valence-electron chi connectivity index (χ2n) is 2.81. The second kappa shape index (κ2) is 2.70. The zero-order chi connectivity index (χ0) is 10.2. The molecule has 0 bridgehead atoms. The third-order valence-corrected chi connectivity index (χ3v) is 1.67. The number of nitrogens with one attached hydrogen (secondary N) is 2. The number of hydrogen-bond acceptors (Lipinski definition) is 4. The Bertz CT molecular complexity index is 269. The van der Waals surface area contributed by atoms with Crippen molar-refractivity contribution in [1.29, 1.82) is 0 Å². The van der Waals surface area contributed by atoms with E-state index in [-0.39, 0.29) is 0 Å². The molecule has 0 aromatic carbocycles. The summed E-state index contributed by atoms with van der Waals surface area (Å²) in [6.07, 6.45) is -1.84. The number of amides is 2. The standard InChI is InChI=1S/C6H8N2O5/c1-6(5(12)13)7-3(10)2(9)4(11)8-6/h2,9H,1H3,(H,7,10)(H,8,11)(H,12,13). The molecule has 1 aliphatic rings. The average Bonchev–Trinajstić information content (AvgIpc) is 2.00. The third-order valence-electron chi connectivity index (χ3n) is 1.67. The predicted molar refractivity (Wildman–Crippen MR) is 38.3 cm³/mol. The van der Waals surface area contributed by atoms with Crippen molar-refractivity contribution in [3.8, 4) is 0 Å². The lowest BCUT2D eigenvalue weighted by Gasteiger charge is -2.33. The molecular weight excluding hydrogens is 180 g/mol. The number of aliphatic hydroxyl groups is 1. The highest BCUT2D eigenvalue weighted by Gasteiger charge is 2.45. The zero-order valence-corrected chi connectivity index (χ0v) is 6.70. The molecule has 0 radical (unpaired) electrons. The number of carbonyl (C=O) groups excluding carboxylic acids is 2. The first-order chi connectivity index (χ1) is 5.87. The summed E-state index contributed by atoms with van der Waals surface area (Å²) >= 11 is 0. The van der Waals surface area contributed by atoms with E-state index >= 15 is 0 Å². The molecule has 0 saturated carbocycles. The van der Waals surface area contributed by atoms with E-state index in [4.69, 9.17) is 10.2 Å². The maximum absolute atomic E-state index is 10.8. The molecule has 4 N–H and O–H groups in total. The smallest absolute Gasteiger partial charge is 0.350 e. The first-order valence-corrected chi connectivity index (χ1v) is 3.42. The minimum Gasteiger partial charge on any atom is -0.478 e. The first kappa shape index (κ1) is 9.46. The molecule has 1 aliphatic heterocycles. The molecule has 0 aliphatic carbocycles. The minimum atomic E-state index is -1.84. The molecule has 0 aromatic rings. The molecule has 7 heteroatoms. The average molecular weight is 188 g/mol. The van der Waals surface area contributed by atoms with Crippen LogP contribution in [0.5, 0.6) is 0 Å². The van der Waals surface area contributed by atoms with Crippen molar-refractivity contribution < 1.29 is 24.6 Å². The lowest BCUT2D eigenvalue weighted by molar-refractivity contribution is -0.160. The molecule has 7 nitrogen and oxygen atoms in total. The summed E-state index contributed by atoms with van der Waals surface area (Å²) in [5.41, 5.74) is -1.84. The first-order valence-electron chi connectivity index (χ1n) is 3.42. The lowest BCUT2D eigenvalue weighted by atomic mass is 10.1. The number of carboxylic acid groups (broad SMARTS) is 1. The Morgan fingerprint density at radius 2 is 1.77 bits per heavy atom. The summed E-state index contributed by atoms with van der Waals surface area (Å²) < 4.78 is 0. The topological polar surface area (TPSA) is 116 Å². The van der Waals surface area contributed by atoms with Crippen molar-refractivity contribution in [3.63, 3.8) is 0 Å². The van der Waals surface area contributed by atoms with Crippen molar-refractivity contribution in [1.82, 2.24) is 10.6 Å². The van der Waals surface area contributed by atoms with Gasteiger partial charge in [0.1, 0.15) is 0 Å². The number of carboxylic acids is 1. The van der Waals surface area contributed by atoms with Crippen LogP contribution in [0.2, 0.25) is 0 Å². The monoisotopic (exact) mass is 188 g/mol. The molecule has 1 rings (SSSR count). The van der Waals surface area contributed by atoms with Crippen LogP contribution in [0.25, 0.3) is 0 Å². The highest BCUT2D eigenvalue weighted by molar-refractivity contribution is 6.08. The van der Waals surface area contributed by atoms with Crippen LogP contribution < -0.4 is 10.6 Å². The maximum atomic E-state index is 10.8. The molecule has 72 valence electrons. The fraction of sp³-hybridized carbons (Fsp3) is 0.500. The maximum Gasteiger partial charge on any atom is 0.350 e. The fourth-order valence-electron chi connectivity index (χ4n) is 0.887. The Morgan fingerprint density at radius 3 is 2.08 bits per heavy atom. The van der Waals surface area contributed by atoms with Crippen LogP contribution >= 0.6 is 0 Å². The van der Waals surface area contributed by atoms with Crippen LogP contribution in [0.3, 0.4) is 0 Å². The van der Waals surface area contributed by atoms with Crippen LogP contribution in [-0.4, -0.2) is 39.8 Å². The minimum absolute atomic E-state index is 1.02. The number of hydrogen-bond donors (Lipinski definition) is 4. The van der Waals surface area contributed by atoms with Gasteiger partial charge in [0.25, 0.3) is 11.8 Å². The van der Waals surface area contributed by atoms with Gasteiger partial charge in [-0.2, -0.15) is 0 Å². The third kappa shape index (κ3) is 1.45. The Morgan fingerprint density at radius 1 is 1.38 bits per heavy atom. The van der Waals surface area contributed by atoms with E-state index in [9.17, 15) is 14.4 Å². The Hall–Kier alpha value is -1.63. The summed E-state index contributed by atoms with van der Waals surface area (Å²) in [5, 5.41) is 21.4. The number of aliphatic hydroxyl groups excluding tert-OH is 1. The summed E-state index contributed by atoms with van der Waals surface area (Å²) in [5.74, 6) is -3.44. The summed E-state index contributed by atoms with van der Waals surface area (Å²) in [7, 11) is 0. The van der Waals surface area contributed by atoms with E-state index in [0.717, 1.165) is 6.92 Å². The number of carbonyl (C=O) groups is 3. The lowest BCUT2D eigenvalue weighted by Crippen LogP contribution is -2.72. The molecular formula is C6H8N2O5. The van der Waals surface area contributed by atoms with Gasteiger partial charge < -0.3 is 20.8 Å². The Labute approximate surface area is 72.7 Å². The van der Waals surface area contributed by atoms with Gasteiger partial charge in [0.15, 0.2) is 0 Å². The molecule has 0 aromatic heterocycles. The van der Waals surface area contributed by atoms with E-state index in [1.807, 2.05) is 10.6 Å². The van der Waals surface area contributed by atoms with Crippen LogP contribution in [0.15, 0.2) is 0 Å². The van der Waals surface area contributed by atoms with Gasteiger partial charge in [-0.25, -0.2) is 4.79 Å². The van der Waals surface area contributed by atoms with Crippen LogP contribution in [0, 0.1) is 0 Å². The van der Waals surface area contributed by atoms with Crippen molar-refractivity contribution >= 4 is 17.8 Å². The van der Waals surface area contributed by atoms with Crippen molar-refractivity contribution in [2.75, 3.05) is 0 Å². The molecule has 13 heavy (non-hydrogen) atoms. The Kier molecular flexibility index (Phi) is 1.96. The fourth-order valence-corrected chi connectivity index (χ4v) is 0.887. The van der Waals surface area contributed by atoms with Gasteiger partial charge in [0, 0.05) is 0 Å². The molecule has 1 saturated heterocycles. The van der Waals surface area contributed by atoms with Gasteiger partial charge in [-0.3, -0.25) is 9.59 Å².